The van der Waals surface area contributed by atoms with Gasteiger partial charge in [-0.3, -0.25) is 9.59 Å². The zero-order valence-electron chi connectivity index (χ0n) is 15.2. The smallest absolute Gasteiger partial charge is 0.259 e. The second-order valence-electron chi connectivity index (χ2n) is 5.49. The van der Waals surface area contributed by atoms with E-state index in [2.05, 4.69) is 31.8 Å². The lowest BCUT2D eigenvalue weighted by atomic mass is 10.1. The summed E-state index contributed by atoms with van der Waals surface area (Å²) in [6.45, 7) is 1.55. The summed E-state index contributed by atoms with van der Waals surface area (Å²) in [6.07, 6.45) is 0. The Morgan fingerprint density at radius 1 is 1.07 bits per heavy atom. The highest BCUT2D eigenvalue weighted by Crippen LogP contribution is 2.25. The van der Waals surface area contributed by atoms with Crippen LogP contribution >= 0.6 is 15.9 Å². The number of hydrogen-bond acceptors (Lipinski definition) is 5. The van der Waals surface area contributed by atoms with Crippen LogP contribution in [0.25, 0.3) is 0 Å². The van der Waals surface area contributed by atoms with Crippen molar-refractivity contribution in [3.8, 4) is 11.5 Å². The van der Waals surface area contributed by atoms with Gasteiger partial charge < -0.3 is 14.8 Å². The number of hydrogen-bond donors (Lipinski definition) is 2. The van der Waals surface area contributed by atoms with Gasteiger partial charge in [0.15, 0.2) is 0 Å². The minimum atomic E-state index is -0.438. The van der Waals surface area contributed by atoms with Crippen molar-refractivity contribution in [2.24, 2.45) is 5.10 Å². The van der Waals surface area contributed by atoms with Crippen molar-refractivity contribution < 1.29 is 19.1 Å². The zero-order valence-corrected chi connectivity index (χ0v) is 16.8. The summed E-state index contributed by atoms with van der Waals surface area (Å²) in [5.41, 5.74) is 4.16. The molecule has 0 aliphatic carbocycles. The van der Waals surface area contributed by atoms with Crippen molar-refractivity contribution >= 4 is 33.5 Å². The SMILES string of the molecule is COc1ccc(C(C)=NNC(=O)CNC(=O)c2ccc(Br)cc2)c(OC)c1. The maximum absolute atomic E-state index is 12.0. The Bertz CT molecular complexity index is 851. The third-order valence-electron chi connectivity index (χ3n) is 3.66. The summed E-state index contributed by atoms with van der Waals surface area (Å²) in [7, 11) is 3.11. The van der Waals surface area contributed by atoms with Crippen molar-refractivity contribution in [3.63, 3.8) is 0 Å². The van der Waals surface area contributed by atoms with Crippen LogP contribution in [-0.2, 0) is 4.79 Å². The van der Waals surface area contributed by atoms with E-state index < -0.39 is 5.91 Å². The number of carbonyl (C=O) groups excluding carboxylic acids is 2. The normalized spacial score (nSPS) is 10.9. The topological polar surface area (TPSA) is 89.0 Å². The second-order valence-corrected chi connectivity index (χ2v) is 6.40. The van der Waals surface area contributed by atoms with E-state index in [1.807, 2.05) is 0 Å². The Labute approximate surface area is 165 Å². The van der Waals surface area contributed by atoms with Gasteiger partial charge >= 0.3 is 0 Å². The lowest BCUT2D eigenvalue weighted by molar-refractivity contribution is -0.120. The summed E-state index contributed by atoms with van der Waals surface area (Å²) >= 11 is 3.30. The molecule has 0 radical (unpaired) electrons. The zero-order chi connectivity index (χ0) is 19.8. The quantitative estimate of drug-likeness (QED) is 0.518. The summed E-state index contributed by atoms with van der Waals surface area (Å²) in [4.78, 5) is 23.9. The van der Waals surface area contributed by atoms with Gasteiger partial charge in [-0.1, -0.05) is 15.9 Å². The number of nitrogens with zero attached hydrogens (tertiary/aromatic N) is 1. The maximum atomic E-state index is 12.0. The van der Waals surface area contributed by atoms with Gasteiger partial charge in [0.2, 0.25) is 0 Å². The van der Waals surface area contributed by atoms with E-state index in [0.29, 0.717) is 22.8 Å². The molecule has 27 heavy (non-hydrogen) atoms. The van der Waals surface area contributed by atoms with Crippen LogP contribution in [0.2, 0.25) is 0 Å². The van der Waals surface area contributed by atoms with Crippen molar-refractivity contribution in [3.05, 3.63) is 58.1 Å². The minimum Gasteiger partial charge on any atom is -0.497 e. The van der Waals surface area contributed by atoms with E-state index in [9.17, 15) is 9.59 Å². The standard InChI is InChI=1S/C19H20BrN3O4/c1-12(16-9-8-15(26-2)10-17(16)27-3)22-23-18(24)11-21-19(25)13-4-6-14(20)7-5-13/h4-10H,11H2,1-3H3,(H,21,25)(H,23,24). The van der Waals surface area contributed by atoms with Gasteiger partial charge in [0, 0.05) is 21.7 Å². The van der Waals surface area contributed by atoms with Crippen LogP contribution in [-0.4, -0.2) is 38.3 Å². The number of ether oxygens (including phenoxy) is 2. The molecule has 0 saturated heterocycles. The molecular formula is C19H20BrN3O4. The van der Waals surface area contributed by atoms with Gasteiger partial charge in [0.1, 0.15) is 11.5 Å². The highest BCUT2D eigenvalue weighted by atomic mass is 79.9. The molecule has 2 amide bonds. The number of methoxy groups -OCH3 is 2. The molecule has 2 rings (SSSR count). The fourth-order valence-electron chi connectivity index (χ4n) is 2.21. The molecule has 0 heterocycles. The van der Waals surface area contributed by atoms with Gasteiger partial charge in [0.25, 0.3) is 11.8 Å². The predicted octanol–water partition coefficient (Wildman–Crippen LogP) is 2.74. The van der Waals surface area contributed by atoms with Gasteiger partial charge in [-0.25, -0.2) is 5.43 Å². The van der Waals surface area contributed by atoms with Crippen LogP contribution in [0.15, 0.2) is 52.0 Å². The Morgan fingerprint density at radius 3 is 2.41 bits per heavy atom. The lowest BCUT2D eigenvalue weighted by Gasteiger charge is -2.10. The Kier molecular flexibility index (Phi) is 7.36. The largest absolute Gasteiger partial charge is 0.497 e. The van der Waals surface area contributed by atoms with Gasteiger partial charge in [-0.15, -0.1) is 0 Å². The molecule has 0 aromatic heterocycles. The average Bonchev–Trinajstić information content (AvgIpc) is 2.70. The van der Waals surface area contributed by atoms with Gasteiger partial charge in [-0.2, -0.15) is 5.10 Å². The number of amides is 2. The molecular weight excluding hydrogens is 414 g/mol. The van der Waals surface area contributed by atoms with Gasteiger partial charge in [-0.05, 0) is 43.3 Å². The van der Waals surface area contributed by atoms with Crippen LogP contribution in [0.4, 0.5) is 0 Å². The molecule has 0 bridgehead atoms. The minimum absolute atomic E-state index is 0.189. The van der Waals surface area contributed by atoms with E-state index in [-0.39, 0.29) is 12.5 Å². The van der Waals surface area contributed by atoms with Crippen molar-refractivity contribution in [2.45, 2.75) is 6.92 Å². The first kappa shape index (κ1) is 20.4. The van der Waals surface area contributed by atoms with E-state index in [1.54, 1.807) is 63.6 Å². The first-order chi connectivity index (χ1) is 12.9. The molecule has 2 aromatic carbocycles. The Balaban J connectivity index is 1.93. The van der Waals surface area contributed by atoms with Crippen molar-refractivity contribution in [1.29, 1.82) is 0 Å². The summed E-state index contributed by atoms with van der Waals surface area (Å²) < 4.78 is 11.3. The first-order valence-corrected chi connectivity index (χ1v) is 8.83. The number of rotatable bonds is 7. The van der Waals surface area contributed by atoms with Crippen LogP contribution in [0.1, 0.15) is 22.8 Å². The van der Waals surface area contributed by atoms with E-state index in [0.717, 1.165) is 10.0 Å². The average molecular weight is 434 g/mol. The Morgan fingerprint density at radius 2 is 1.78 bits per heavy atom. The van der Waals surface area contributed by atoms with Gasteiger partial charge in [0.05, 0.1) is 26.5 Å². The number of nitrogens with one attached hydrogen (secondary N) is 2. The third-order valence-corrected chi connectivity index (χ3v) is 4.19. The fraction of sp³-hybridized carbons (Fsp3) is 0.211. The molecule has 0 spiro atoms. The molecule has 0 unspecified atom stereocenters. The number of carbonyl (C=O) groups is 2. The molecule has 0 fully saturated rings. The maximum Gasteiger partial charge on any atom is 0.259 e. The van der Waals surface area contributed by atoms with Crippen LogP contribution in [0.5, 0.6) is 11.5 Å². The highest BCUT2D eigenvalue weighted by Gasteiger charge is 2.10. The molecule has 2 N–H and O–H groups in total. The number of benzene rings is 2. The molecule has 142 valence electrons. The molecule has 8 heteroatoms. The summed E-state index contributed by atoms with van der Waals surface area (Å²) in [6, 6.07) is 12.1. The molecule has 0 atom stereocenters. The first-order valence-electron chi connectivity index (χ1n) is 8.04. The highest BCUT2D eigenvalue weighted by molar-refractivity contribution is 9.10. The molecule has 7 nitrogen and oxygen atoms in total. The van der Waals surface area contributed by atoms with E-state index >= 15 is 0 Å². The van der Waals surface area contributed by atoms with E-state index in [1.165, 1.54) is 0 Å². The number of halogens is 1. The third kappa shape index (κ3) is 5.82. The lowest BCUT2D eigenvalue weighted by Crippen LogP contribution is -2.35. The predicted molar refractivity (Wildman–Crippen MR) is 106 cm³/mol. The molecule has 0 saturated carbocycles. The Hall–Kier alpha value is -2.87. The van der Waals surface area contributed by atoms with Crippen LogP contribution < -0.4 is 20.2 Å². The van der Waals surface area contributed by atoms with Crippen LogP contribution in [0.3, 0.4) is 0 Å². The monoisotopic (exact) mass is 433 g/mol. The van der Waals surface area contributed by atoms with Crippen molar-refractivity contribution in [2.75, 3.05) is 20.8 Å². The molecule has 0 aliphatic rings. The molecule has 2 aromatic rings. The summed E-state index contributed by atoms with van der Waals surface area (Å²) in [5.74, 6) is 0.457. The second kappa shape index (κ2) is 9.72. The van der Waals surface area contributed by atoms with E-state index in [4.69, 9.17) is 9.47 Å². The van der Waals surface area contributed by atoms with Crippen molar-refractivity contribution in [1.82, 2.24) is 10.7 Å². The number of hydrazone groups is 1. The van der Waals surface area contributed by atoms with Crippen LogP contribution in [0, 0.1) is 0 Å². The fourth-order valence-corrected chi connectivity index (χ4v) is 2.47. The molecule has 0 aliphatic heterocycles. The summed E-state index contributed by atoms with van der Waals surface area (Å²) in [5, 5.41) is 6.60.